The Bertz CT molecular complexity index is 454. The summed E-state index contributed by atoms with van der Waals surface area (Å²) in [6, 6.07) is 1.57. The van der Waals surface area contributed by atoms with Crippen LogP contribution in [0.4, 0.5) is 0 Å². The molecule has 0 spiro atoms. The van der Waals surface area contributed by atoms with Crippen LogP contribution in [0.15, 0.2) is 0 Å². The SMILES string of the molecule is CC(C)(C)NC1CCN(CC2CCN(C3CCN(C(C)(C)C)CC3)CC2)CC1. The molecule has 0 bridgehead atoms. The fraction of sp³-hybridized carbons (Fsp3) is 1.00. The molecular formula is C24H48N4. The van der Waals surface area contributed by atoms with Gasteiger partial charge >= 0.3 is 0 Å². The van der Waals surface area contributed by atoms with E-state index in [-0.39, 0.29) is 5.54 Å². The van der Waals surface area contributed by atoms with Crippen molar-refractivity contribution >= 4 is 0 Å². The minimum Gasteiger partial charge on any atom is -0.309 e. The minimum absolute atomic E-state index is 0.253. The fourth-order valence-corrected chi connectivity index (χ4v) is 5.64. The molecule has 0 unspecified atom stereocenters. The Morgan fingerprint density at radius 3 is 1.79 bits per heavy atom. The molecule has 0 aliphatic carbocycles. The molecular weight excluding hydrogens is 344 g/mol. The Labute approximate surface area is 175 Å². The lowest BCUT2D eigenvalue weighted by Gasteiger charge is -2.46. The summed E-state index contributed by atoms with van der Waals surface area (Å²) < 4.78 is 0. The summed E-state index contributed by atoms with van der Waals surface area (Å²) in [4.78, 5) is 8.26. The van der Waals surface area contributed by atoms with Crippen LogP contribution in [-0.2, 0) is 0 Å². The van der Waals surface area contributed by atoms with E-state index in [0.29, 0.717) is 5.54 Å². The van der Waals surface area contributed by atoms with Crippen molar-refractivity contribution in [2.75, 3.05) is 45.8 Å². The molecule has 3 aliphatic rings. The van der Waals surface area contributed by atoms with Crippen molar-refractivity contribution < 1.29 is 0 Å². The minimum atomic E-state index is 0.253. The Kier molecular flexibility index (Phi) is 7.50. The van der Waals surface area contributed by atoms with E-state index in [4.69, 9.17) is 0 Å². The third kappa shape index (κ3) is 6.68. The van der Waals surface area contributed by atoms with E-state index in [1.54, 1.807) is 0 Å². The Morgan fingerprint density at radius 1 is 0.714 bits per heavy atom. The molecule has 0 saturated carbocycles. The van der Waals surface area contributed by atoms with E-state index in [0.717, 1.165) is 18.0 Å². The lowest BCUT2D eigenvalue weighted by atomic mass is 9.91. The second-order valence-electron chi connectivity index (χ2n) is 11.8. The fourth-order valence-electron chi connectivity index (χ4n) is 5.64. The third-order valence-electron chi connectivity index (χ3n) is 7.32. The van der Waals surface area contributed by atoms with E-state index < -0.39 is 0 Å². The van der Waals surface area contributed by atoms with Gasteiger partial charge in [-0.05, 0) is 112 Å². The lowest BCUT2D eigenvalue weighted by molar-refractivity contribution is 0.0363. The number of likely N-dealkylation sites (tertiary alicyclic amines) is 3. The first-order valence-corrected chi connectivity index (χ1v) is 12.1. The van der Waals surface area contributed by atoms with E-state index in [1.165, 1.54) is 84.3 Å². The van der Waals surface area contributed by atoms with Gasteiger partial charge in [-0.2, -0.15) is 0 Å². The first-order chi connectivity index (χ1) is 13.1. The molecule has 0 atom stereocenters. The molecule has 0 amide bonds. The number of nitrogens with zero attached hydrogens (tertiary/aromatic N) is 3. The van der Waals surface area contributed by atoms with Crippen molar-refractivity contribution in [3.8, 4) is 0 Å². The molecule has 1 N–H and O–H groups in total. The zero-order chi connectivity index (χ0) is 20.4. The van der Waals surface area contributed by atoms with Gasteiger partial charge in [0.15, 0.2) is 0 Å². The molecule has 4 nitrogen and oxygen atoms in total. The molecule has 164 valence electrons. The van der Waals surface area contributed by atoms with Gasteiger partial charge in [0.25, 0.3) is 0 Å². The lowest BCUT2D eigenvalue weighted by Crippen LogP contribution is -2.53. The number of nitrogens with one attached hydrogen (secondary N) is 1. The van der Waals surface area contributed by atoms with Crippen LogP contribution in [0.1, 0.15) is 80.1 Å². The van der Waals surface area contributed by atoms with Gasteiger partial charge in [-0.1, -0.05) is 0 Å². The number of rotatable bonds is 4. The van der Waals surface area contributed by atoms with Gasteiger partial charge < -0.3 is 15.1 Å². The van der Waals surface area contributed by atoms with Crippen molar-refractivity contribution in [1.82, 2.24) is 20.0 Å². The average molecular weight is 393 g/mol. The maximum Gasteiger partial charge on any atom is 0.0125 e. The average Bonchev–Trinajstić information content (AvgIpc) is 2.62. The monoisotopic (exact) mass is 392 g/mol. The van der Waals surface area contributed by atoms with Crippen LogP contribution in [0.5, 0.6) is 0 Å². The van der Waals surface area contributed by atoms with Crippen LogP contribution in [0.25, 0.3) is 0 Å². The second kappa shape index (κ2) is 9.32. The predicted octanol–water partition coefficient (Wildman–Crippen LogP) is 3.81. The first-order valence-electron chi connectivity index (χ1n) is 12.1. The van der Waals surface area contributed by atoms with Gasteiger partial charge in [0, 0.05) is 42.8 Å². The van der Waals surface area contributed by atoms with Crippen LogP contribution in [0.2, 0.25) is 0 Å². The van der Waals surface area contributed by atoms with Gasteiger partial charge in [0.05, 0.1) is 0 Å². The number of hydrogen-bond donors (Lipinski definition) is 1. The van der Waals surface area contributed by atoms with E-state index in [9.17, 15) is 0 Å². The topological polar surface area (TPSA) is 21.8 Å². The van der Waals surface area contributed by atoms with Gasteiger partial charge in [-0.15, -0.1) is 0 Å². The quantitative estimate of drug-likeness (QED) is 0.785. The Hall–Kier alpha value is -0.160. The van der Waals surface area contributed by atoms with Gasteiger partial charge in [-0.25, -0.2) is 0 Å². The summed E-state index contributed by atoms with van der Waals surface area (Å²) in [6.45, 7) is 23.1. The van der Waals surface area contributed by atoms with Gasteiger partial charge in [-0.3, -0.25) is 4.90 Å². The maximum atomic E-state index is 3.80. The molecule has 0 aromatic rings. The van der Waals surface area contributed by atoms with E-state index in [1.807, 2.05) is 0 Å². The highest BCUT2D eigenvalue weighted by Crippen LogP contribution is 2.27. The van der Waals surface area contributed by atoms with Crippen LogP contribution < -0.4 is 5.32 Å². The second-order valence-corrected chi connectivity index (χ2v) is 11.8. The summed E-state index contributed by atoms with van der Waals surface area (Å²) in [5, 5.41) is 3.80. The molecule has 0 radical (unpaired) electrons. The smallest absolute Gasteiger partial charge is 0.0125 e. The molecule has 0 aromatic carbocycles. The zero-order valence-electron chi connectivity index (χ0n) is 19.8. The molecule has 4 heteroatoms. The summed E-state index contributed by atoms with van der Waals surface area (Å²) >= 11 is 0. The molecule has 3 saturated heterocycles. The largest absolute Gasteiger partial charge is 0.309 e. The van der Waals surface area contributed by atoms with Crippen LogP contribution >= 0.6 is 0 Å². The zero-order valence-corrected chi connectivity index (χ0v) is 19.8. The van der Waals surface area contributed by atoms with E-state index >= 15 is 0 Å². The predicted molar refractivity (Wildman–Crippen MR) is 121 cm³/mol. The number of piperidine rings is 3. The summed E-state index contributed by atoms with van der Waals surface area (Å²) in [7, 11) is 0. The number of hydrogen-bond acceptors (Lipinski definition) is 4. The van der Waals surface area contributed by atoms with Gasteiger partial charge in [0.1, 0.15) is 0 Å². The molecule has 3 rings (SSSR count). The van der Waals surface area contributed by atoms with Crippen LogP contribution in [0, 0.1) is 5.92 Å². The highest BCUT2D eigenvalue weighted by atomic mass is 15.2. The molecule has 0 aromatic heterocycles. The van der Waals surface area contributed by atoms with Crippen molar-refractivity contribution in [1.29, 1.82) is 0 Å². The Balaban J connectivity index is 1.33. The van der Waals surface area contributed by atoms with Crippen molar-refractivity contribution in [3.05, 3.63) is 0 Å². The van der Waals surface area contributed by atoms with Crippen molar-refractivity contribution in [3.63, 3.8) is 0 Å². The maximum absolute atomic E-state index is 3.80. The highest BCUT2D eigenvalue weighted by Gasteiger charge is 2.32. The van der Waals surface area contributed by atoms with E-state index in [2.05, 4.69) is 61.6 Å². The third-order valence-corrected chi connectivity index (χ3v) is 7.32. The van der Waals surface area contributed by atoms with Crippen LogP contribution in [-0.4, -0.2) is 83.7 Å². The molecule has 3 aliphatic heterocycles. The first kappa shape index (κ1) is 22.5. The van der Waals surface area contributed by atoms with Gasteiger partial charge in [0.2, 0.25) is 0 Å². The summed E-state index contributed by atoms with van der Waals surface area (Å²) in [5.41, 5.74) is 0.594. The molecule has 28 heavy (non-hydrogen) atoms. The molecule has 3 heterocycles. The summed E-state index contributed by atoms with van der Waals surface area (Å²) in [5.74, 6) is 0.929. The standard InChI is InChI=1S/C24H48N4/c1-23(2,3)25-21-9-13-26(14-10-21)19-20-7-15-27(16-8-20)22-11-17-28(18-12-22)24(4,5)6/h20-22,25H,7-19H2,1-6H3. The summed E-state index contributed by atoms with van der Waals surface area (Å²) in [6.07, 6.45) is 8.22. The normalized spacial score (nSPS) is 26.8. The highest BCUT2D eigenvalue weighted by molar-refractivity contribution is 4.88. The van der Waals surface area contributed by atoms with Crippen LogP contribution in [0.3, 0.4) is 0 Å². The van der Waals surface area contributed by atoms with Crippen molar-refractivity contribution in [2.45, 2.75) is 103 Å². The Morgan fingerprint density at radius 2 is 1.29 bits per heavy atom. The van der Waals surface area contributed by atoms with Crippen molar-refractivity contribution in [2.24, 2.45) is 5.92 Å². The molecule has 3 fully saturated rings.